The van der Waals surface area contributed by atoms with Crippen molar-refractivity contribution in [3.05, 3.63) is 38.9 Å². The second-order valence-electron chi connectivity index (χ2n) is 6.28. The number of hydrogen-bond acceptors (Lipinski definition) is 3. The molecule has 1 aromatic heterocycles. The molecule has 5 heteroatoms. The van der Waals surface area contributed by atoms with Crippen molar-refractivity contribution in [1.82, 2.24) is 9.97 Å². The molecule has 112 valence electrons. The van der Waals surface area contributed by atoms with Crippen molar-refractivity contribution in [3.63, 3.8) is 0 Å². The third-order valence-corrected chi connectivity index (χ3v) is 4.69. The summed E-state index contributed by atoms with van der Waals surface area (Å²) in [6.07, 6.45) is 3.59. The van der Waals surface area contributed by atoms with Gasteiger partial charge >= 0.3 is 11.1 Å². The molecule has 0 aliphatic heterocycles. The average molecular weight is 287 g/mol. The summed E-state index contributed by atoms with van der Waals surface area (Å²) in [7, 11) is 0. The van der Waals surface area contributed by atoms with Crippen LogP contribution in [-0.4, -0.2) is 16.0 Å². The highest BCUT2D eigenvalue weighted by molar-refractivity contribution is 5.78. The number of aromatic amines is 2. The molecule has 2 aromatic rings. The van der Waals surface area contributed by atoms with E-state index in [1.54, 1.807) is 0 Å². The average Bonchev–Trinajstić information content (AvgIpc) is 2.44. The van der Waals surface area contributed by atoms with Crippen LogP contribution >= 0.6 is 0 Å². The van der Waals surface area contributed by atoms with Crippen LogP contribution in [0.15, 0.2) is 27.8 Å². The zero-order valence-electron chi connectivity index (χ0n) is 12.4. The number of fused-ring (bicyclic) bond motifs is 1. The molecule has 0 spiro atoms. The van der Waals surface area contributed by atoms with Crippen molar-refractivity contribution in [2.45, 2.75) is 39.2 Å². The smallest absolute Gasteiger partial charge is 0.314 e. The molecule has 0 bridgehead atoms. The van der Waals surface area contributed by atoms with Crippen molar-refractivity contribution in [2.75, 3.05) is 5.32 Å². The highest BCUT2D eigenvalue weighted by Crippen LogP contribution is 2.31. The lowest BCUT2D eigenvalue weighted by molar-refractivity contribution is 0.261. The molecule has 3 atom stereocenters. The summed E-state index contributed by atoms with van der Waals surface area (Å²) in [6, 6.07) is 6.13. The lowest BCUT2D eigenvalue weighted by atomic mass is 9.79. The van der Waals surface area contributed by atoms with Crippen LogP contribution in [0.2, 0.25) is 0 Å². The van der Waals surface area contributed by atoms with Crippen LogP contribution in [0.25, 0.3) is 11.0 Å². The maximum Gasteiger partial charge on any atom is 0.314 e. The lowest BCUT2D eigenvalue weighted by Crippen LogP contribution is -2.30. The monoisotopic (exact) mass is 287 g/mol. The van der Waals surface area contributed by atoms with E-state index in [1.165, 1.54) is 19.3 Å². The first-order valence-corrected chi connectivity index (χ1v) is 7.56. The number of benzene rings is 1. The Kier molecular flexibility index (Phi) is 3.57. The zero-order valence-corrected chi connectivity index (χ0v) is 12.4. The summed E-state index contributed by atoms with van der Waals surface area (Å²) in [6.45, 7) is 4.62. The molecule has 1 aromatic carbocycles. The van der Waals surface area contributed by atoms with E-state index < -0.39 is 11.1 Å². The molecule has 0 saturated heterocycles. The van der Waals surface area contributed by atoms with Crippen LogP contribution in [0, 0.1) is 11.8 Å². The van der Waals surface area contributed by atoms with Gasteiger partial charge in [-0.1, -0.05) is 13.8 Å². The molecule has 3 N–H and O–H groups in total. The van der Waals surface area contributed by atoms with Gasteiger partial charge in [-0.05, 0) is 49.3 Å². The highest BCUT2D eigenvalue weighted by Gasteiger charge is 2.24. The van der Waals surface area contributed by atoms with Crippen molar-refractivity contribution >= 4 is 16.7 Å². The van der Waals surface area contributed by atoms with Gasteiger partial charge in [0.2, 0.25) is 0 Å². The van der Waals surface area contributed by atoms with Gasteiger partial charge in [0, 0.05) is 11.7 Å². The molecule has 0 amide bonds. The molecule has 21 heavy (non-hydrogen) atoms. The Morgan fingerprint density at radius 2 is 1.71 bits per heavy atom. The topological polar surface area (TPSA) is 77.8 Å². The van der Waals surface area contributed by atoms with E-state index in [0.29, 0.717) is 17.1 Å². The van der Waals surface area contributed by atoms with Crippen molar-refractivity contribution in [2.24, 2.45) is 11.8 Å². The standard InChI is InChI=1S/C16H21N3O2/c1-9-3-4-11(7-10(9)2)17-12-5-6-13-14(8-12)19-16(21)15(20)18-13/h5-6,8-11,17H,3-4,7H2,1-2H3,(H,18,20)(H,19,21). The molecule has 1 aliphatic carbocycles. The van der Waals surface area contributed by atoms with Crippen LogP contribution < -0.4 is 16.4 Å². The number of H-pyrrole nitrogens is 2. The largest absolute Gasteiger partial charge is 0.382 e. The molecule has 1 fully saturated rings. The van der Waals surface area contributed by atoms with E-state index in [2.05, 4.69) is 29.1 Å². The third-order valence-electron chi connectivity index (χ3n) is 4.69. The second-order valence-corrected chi connectivity index (χ2v) is 6.28. The van der Waals surface area contributed by atoms with Gasteiger partial charge in [0.1, 0.15) is 0 Å². The molecular weight excluding hydrogens is 266 g/mol. The normalized spacial score (nSPS) is 25.9. The van der Waals surface area contributed by atoms with E-state index >= 15 is 0 Å². The quantitative estimate of drug-likeness (QED) is 0.742. The number of rotatable bonds is 2. The van der Waals surface area contributed by atoms with Gasteiger partial charge in [-0.25, -0.2) is 0 Å². The van der Waals surface area contributed by atoms with Crippen LogP contribution in [0.3, 0.4) is 0 Å². The minimum atomic E-state index is -0.613. The summed E-state index contributed by atoms with van der Waals surface area (Å²) in [5, 5.41) is 3.54. The molecule has 1 aliphatic rings. The van der Waals surface area contributed by atoms with E-state index in [4.69, 9.17) is 0 Å². The summed E-state index contributed by atoms with van der Waals surface area (Å²) < 4.78 is 0. The van der Waals surface area contributed by atoms with E-state index in [1.807, 2.05) is 18.2 Å². The maximum absolute atomic E-state index is 11.4. The Balaban J connectivity index is 1.83. The van der Waals surface area contributed by atoms with Crippen molar-refractivity contribution in [1.29, 1.82) is 0 Å². The summed E-state index contributed by atoms with van der Waals surface area (Å²) in [4.78, 5) is 27.9. The molecule has 1 heterocycles. The first-order valence-electron chi connectivity index (χ1n) is 7.56. The maximum atomic E-state index is 11.4. The van der Waals surface area contributed by atoms with Gasteiger partial charge in [0.25, 0.3) is 0 Å². The first-order chi connectivity index (χ1) is 10.0. The fraction of sp³-hybridized carbons (Fsp3) is 0.500. The van der Waals surface area contributed by atoms with E-state index in [9.17, 15) is 9.59 Å². The molecule has 0 radical (unpaired) electrons. The molecule has 3 rings (SSSR count). The Morgan fingerprint density at radius 3 is 2.43 bits per heavy atom. The SMILES string of the molecule is CC1CCC(Nc2ccc3[nH]c(=O)c(=O)[nH]c3c2)CC1C. The Morgan fingerprint density at radius 1 is 1.00 bits per heavy atom. The third kappa shape index (κ3) is 2.86. The predicted molar refractivity (Wildman–Crippen MR) is 84.8 cm³/mol. The minimum absolute atomic E-state index is 0.475. The van der Waals surface area contributed by atoms with Crippen LogP contribution in [0.4, 0.5) is 5.69 Å². The van der Waals surface area contributed by atoms with Gasteiger partial charge in [-0.15, -0.1) is 0 Å². The Labute approximate surface area is 122 Å². The Hall–Kier alpha value is -2.04. The molecule has 1 saturated carbocycles. The first kappa shape index (κ1) is 13.9. The van der Waals surface area contributed by atoms with Gasteiger partial charge < -0.3 is 15.3 Å². The predicted octanol–water partition coefficient (Wildman–Crippen LogP) is 2.45. The van der Waals surface area contributed by atoms with Gasteiger partial charge in [0.15, 0.2) is 0 Å². The van der Waals surface area contributed by atoms with Crippen LogP contribution in [0.1, 0.15) is 33.1 Å². The van der Waals surface area contributed by atoms with Gasteiger partial charge in [0.05, 0.1) is 11.0 Å². The fourth-order valence-corrected chi connectivity index (χ4v) is 3.12. The fourth-order valence-electron chi connectivity index (χ4n) is 3.12. The molecule has 3 unspecified atom stereocenters. The number of aromatic nitrogens is 2. The van der Waals surface area contributed by atoms with E-state index in [0.717, 1.165) is 17.5 Å². The second kappa shape index (κ2) is 5.39. The van der Waals surface area contributed by atoms with Crippen molar-refractivity contribution < 1.29 is 0 Å². The van der Waals surface area contributed by atoms with Crippen LogP contribution in [0.5, 0.6) is 0 Å². The molecular formula is C16H21N3O2. The van der Waals surface area contributed by atoms with E-state index in [-0.39, 0.29) is 0 Å². The lowest BCUT2D eigenvalue weighted by Gasteiger charge is -2.33. The summed E-state index contributed by atoms with van der Waals surface area (Å²) >= 11 is 0. The number of hydrogen-bond donors (Lipinski definition) is 3. The van der Waals surface area contributed by atoms with Crippen LogP contribution in [-0.2, 0) is 0 Å². The highest BCUT2D eigenvalue weighted by atomic mass is 16.2. The minimum Gasteiger partial charge on any atom is -0.382 e. The summed E-state index contributed by atoms with van der Waals surface area (Å²) in [5.41, 5.74) is 1.06. The summed E-state index contributed by atoms with van der Waals surface area (Å²) in [5.74, 6) is 1.52. The number of nitrogens with one attached hydrogen (secondary N) is 3. The zero-order chi connectivity index (χ0) is 15.0. The van der Waals surface area contributed by atoms with Gasteiger partial charge in [-0.3, -0.25) is 9.59 Å². The molecule has 5 nitrogen and oxygen atoms in total. The van der Waals surface area contributed by atoms with Crippen molar-refractivity contribution in [3.8, 4) is 0 Å². The Bertz CT molecular complexity index is 762. The van der Waals surface area contributed by atoms with Gasteiger partial charge in [-0.2, -0.15) is 0 Å². The number of anilines is 1.